The SMILES string of the molecule is CC(=C[C@H](C(C)C)N(C)C(=O)CNC=O)C(=O)N1CCC[C@H]1C(=O)N[C@@H](CO)CC(C)C. The number of nitrogens with one attached hydrogen (secondary N) is 2. The first kappa shape index (κ1) is 27.6. The Morgan fingerprint density at radius 1 is 1.22 bits per heavy atom. The highest BCUT2D eigenvalue weighted by Gasteiger charge is 2.35. The van der Waals surface area contributed by atoms with E-state index >= 15 is 0 Å². The highest BCUT2D eigenvalue weighted by atomic mass is 16.3. The van der Waals surface area contributed by atoms with Crippen LogP contribution in [0.25, 0.3) is 0 Å². The molecule has 0 unspecified atom stereocenters. The number of amides is 4. The van der Waals surface area contributed by atoms with Crippen LogP contribution >= 0.6 is 0 Å². The zero-order valence-electron chi connectivity index (χ0n) is 20.3. The molecule has 9 heteroatoms. The first-order valence-corrected chi connectivity index (χ1v) is 11.4. The predicted octanol–water partition coefficient (Wildman–Crippen LogP) is 0.676. The number of aliphatic hydroxyl groups is 1. The van der Waals surface area contributed by atoms with Crippen molar-refractivity contribution in [2.24, 2.45) is 11.8 Å². The quantitative estimate of drug-likeness (QED) is 0.297. The number of nitrogens with zero attached hydrogens (tertiary/aromatic N) is 2. The lowest BCUT2D eigenvalue weighted by Gasteiger charge is -2.31. The minimum atomic E-state index is -0.569. The molecule has 182 valence electrons. The number of rotatable bonds is 12. The second-order valence-electron chi connectivity index (χ2n) is 9.26. The Labute approximate surface area is 191 Å². The molecule has 0 aromatic heterocycles. The van der Waals surface area contributed by atoms with Gasteiger partial charge in [0.1, 0.15) is 6.04 Å². The fourth-order valence-corrected chi connectivity index (χ4v) is 4.05. The Bertz CT molecular complexity index is 692. The maximum atomic E-state index is 13.2. The van der Waals surface area contributed by atoms with Crippen molar-refractivity contribution in [2.75, 3.05) is 26.7 Å². The van der Waals surface area contributed by atoms with Gasteiger partial charge >= 0.3 is 0 Å². The molecule has 0 bridgehead atoms. The third-order valence-corrected chi connectivity index (χ3v) is 5.76. The summed E-state index contributed by atoms with van der Waals surface area (Å²) >= 11 is 0. The molecule has 0 aliphatic carbocycles. The van der Waals surface area contributed by atoms with E-state index in [4.69, 9.17) is 0 Å². The largest absolute Gasteiger partial charge is 0.394 e. The van der Waals surface area contributed by atoms with Gasteiger partial charge in [-0.1, -0.05) is 33.8 Å². The van der Waals surface area contributed by atoms with Crippen LogP contribution in [-0.2, 0) is 19.2 Å². The van der Waals surface area contributed by atoms with Crippen LogP contribution in [0.2, 0.25) is 0 Å². The Morgan fingerprint density at radius 2 is 1.88 bits per heavy atom. The second-order valence-corrected chi connectivity index (χ2v) is 9.26. The smallest absolute Gasteiger partial charge is 0.249 e. The molecule has 4 amide bonds. The van der Waals surface area contributed by atoms with E-state index in [0.29, 0.717) is 37.3 Å². The molecular weight excluding hydrogens is 412 g/mol. The number of carbonyl (C=O) groups is 4. The summed E-state index contributed by atoms with van der Waals surface area (Å²) in [5.41, 5.74) is 0.465. The van der Waals surface area contributed by atoms with Crippen molar-refractivity contribution in [2.45, 2.75) is 72.0 Å². The van der Waals surface area contributed by atoms with Gasteiger partial charge in [0.2, 0.25) is 24.1 Å². The Hall–Kier alpha value is -2.42. The molecule has 0 aromatic rings. The maximum absolute atomic E-state index is 13.2. The molecule has 0 spiro atoms. The van der Waals surface area contributed by atoms with Gasteiger partial charge in [0.15, 0.2) is 0 Å². The fraction of sp³-hybridized carbons (Fsp3) is 0.739. The molecule has 1 fully saturated rings. The van der Waals surface area contributed by atoms with Gasteiger partial charge in [-0.25, -0.2) is 0 Å². The summed E-state index contributed by atoms with van der Waals surface area (Å²) in [6.45, 7) is 9.88. The van der Waals surface area contributed by atoms with Gasteiger partial charge in [-0.3, -0.25) is 19.2 Å². The number of aliphatic hydroxyl groups excluding tert-OH is 1. The van der Waals surface area contributed by atoms with Crippen LogP contribution in [-0.4, -0.2) is 83.9 Å². The van der Waals surface area contributed by atoms with Crippen molar-refractivity contribution in [3.63, 3.8) is 0 Å². The number of likely N-dealkylation sites (tertiary alicyclic amines) is 1. The van der Waals surface area contributed by atoms with Gasteiger partial charge in [0, 0.05) is 19.2 Å². The summed E-state index contributed by atoms with van der Waals surface area (Å²) in [7, 11) is 1.64. The highest BCUT2D eigenvalue weighted by Crippen LogP contribution is 2.22. The zero-order chi connectivity index (χ0) is 24.4. The van der Waals surface area contributed by atoms with Gasteiger partial charge < -0.3 is 25.5 Å². The molecule has 1 heterocycles. The van der Waals surface area contributed by atoms with Gasteiger partial charge in [-0.05, 0) is 38.0 Å². The maximum Gasteiger partial charge on any atom is 0.249 e. The summed E-state index contributed by atoms with van der Waals surface area (Å²) in [5, 5.41) is 14.8. The van der Waals surface area contributed by atoms with Crippen molar-refractivity contribution in [3.8, 4) is 0 Å². The summed E-state index contributed by atoms with van der Waals surface area (Å²) in [6, 6.07) is -1.23. The van der Waals surface area contributed by atoms with Crippen LogP contribution in [0.1, 0.15) is 53.9 Å². The normalized spacial score (nSPS) is 18.5. The van der Waals surface area contributed by atoms with Crippen molar-refractivity contribution >= 4 is 24.1 Å². The molecule has 1 aliphatic rings. The molecular formula is C23H40N4O5. The number of hydrogen-bond donors (Lipinski definition) is 3. The lowest BCUT2D eigenvalue weighted by atomic mass is 9.99. The molecule has 0 aromatic carbocycles. The first-order valence-electron chi connectivity index (χ1n) is 11.4. The molecule has 0 saturated carbocycles. The average Bonchev–Trinajstić information content (AvgIpc) is 3.23. The standard InChI is InChI=1S/C23H40N4O5/c1-15(2)10-18(13-28)25-22(31)19-8-7-9-27(19)23(32)17(5)11-20(16(3)4)26(6)21(30)12-24-14-29/h11,14-16,18-20,28H,7-10,12-13H2,1-6H3,(H,24,29)(H,25,31)/t18-,19+,20-/m1/s1. The first-order chi connectivity index (χ1) is 15.0. The van der Waals surface area contributed by atoms with E-state index in [0.717, 1.165) is 6.42 Å². The summed E-state index contributed by atoms with van der Waals surface area (Å²) in [6.07, 6.45) is 4.20. The second kappa shape index (κ2) is 13.2. The van der Waals surface area contributed by atoms with Crippen LogP contribution < -0.4 is 10.6 Å². The third kappa shape index (κ3) is 7.93. The lowest BCUT2D eigenvalue weighted by Crippen LogP contribution is -2.50. The minimum Gasteiger partial charge on any atom is -0.394 e. The zero-order valence-corrected chi connectivity index (χ0v) is 20.3. The molecule has 3 N–H and O–H groups in total. The van der Waals surface area contributed by atoms with E-state index in [1.54, 1.807) is 24.9 Å². The van der Waals surface area contributed by atoms with Crippen molar-refractivity contribution in [3.05, 3.63) is 11.6 Å². The predicted molar refractivity (Wildman–Crippen MR) is 122 cm³/mol. The third-order valence-electron chi connectivity index (χ3n) is 5.76. The van der Waals surface area contributed by atoms with Crippen molar-refractivity contribution in [1.29, 1.82) is 0 Å². The van der Waals surface area contributed by atoms with Crippen LogP contribution in [0.4, 0.5) is 0 Å². The van der Waals surface area contributed by atoms with Crippen LogP contribution in [0.15, 0.2) is 11.6 Å². The molecule has 1 rings (SSSR count). The van der Waals surface area contributed by atoms with Gasteiger partial charge in [-0.2, -0.15) is 0 Å². The van der Waals surface area contributed by atoms with Crippen LogP contribution in [0.5, 0.6) is 0 Å². The summed E-state index contributed by atoms with van der Waals surface area (Å²) in [4.78, 5) is 51.9. The average molecular weight is 453 g/mol. The van der Waals surface area contributed by atoms with Gasteiger partial charge in [-0.15, -0.1) is 0 Å². The molecule has 1 aliphatic heterocycles. The van der Waals surface area contributed by atoms with Gasteiger partial charge in [0.25, 0.3) is 0 Å². The van der Waals surface area contributed by atoms with Crippen molar-refractivity contribution < 1.29 is 24.3 Å². The molecule has 32 heavy (non-hydrogen) atoms. The Balaban J connectivity index is 2.94. The van der Waals surface area contributed by atoms with E-state index in [1.165, 1.54) is 4.90 Å². The molecule has 3 atom stereocenters. The van der Waals surface area contributed by atoms with Crippen LogP contribution in [0.3, 0.4) is 0 Å². The molecule has 0 radical (unpaired) electrons. The van der Waals surface area contributed by atoms with Gasteiger partial charge in [0.05, 0.1) is 25.2 Å². The minimum absolute atomic E-state index is 0.0435. The van der Waals surface area contributed by atoms with E-state index in [9.17, 15) is 24.3 Å². The lowest BCUT2D eigenvalue weighted by molar-refractivity contribution is -0.136. The number of hydrogen-bond acceptors (Lipinski definition) is 5. The van der Waals surface area contributed by atoms with E-state index < -0.39 is 6.04 Å². The topological polar surface area (TPSA) is 119 Å². The van der Waals surface area contributed by atoms with Crippen molar-refractivity contribution in [1.82, 2.24) is 20.4 Å². The molecule has 9 nitrogen and oxygen atoms in total. The van der Waals surface area contributed by atoms with E-state index in [-0.39, 0.29) is 48.9 Å². The monoisotopic (exact) mass is 452 g/mol. The summed E-state index contributed by atoms with van der Waals surface area (Å²) in [5.74, 6) is -0.359. The Morgan fingerprint density at radius 3 is 2.41 bits per heavy atom. The number of carbonyl (C=O) groups excluding carboxylic acids is 4. The molecule has 1 saturated heterocycles. The Kier molecular flexibility index (Phi) is 11.4. The highest BCUT2D eigenvalue weighted by molar-refractivity contribution is 5.97. The fourth-order valence-electron chi connectivity index (χ4n) is 4.05. The van der Waals surface area contributed by atoms with E-state index in [1.807, 2.05) is 27.7 Å². The van der Waals surface area contributed by atoms with Crippen LogP contribution in [0, 0.1) is 11.8 Å². The van der Waals surface area contributed by atoms with E-state index in [2.05, 4.69) is 10.6 Å². The number of likely N-dealkylation sites (N-methyl/N-ethyl adjacent to an activating group) is 1. The summed E-state index contributed by atoms with van der Waals surface area (Å²) < 4.78 is 0.